The summed E-state index contributed by atoms with van der Waals surface area (Å²) in [7, 11) is -7.97. The van der Waals surface area contributed by atoms with Gasteiger partial charge in [0.15, 0.2) is 0 Å². The molecule has 1 aromatic carbocycles. The predicted octanol–water partition coefficient (Wildman–Crippen LogP) is 1.23. The number of fused-ring (bicyclic) bond motifs is 3. The van der Waals surface area contributed by atoms with E-state index in [1.807, 2.05) is 0 Å². The molecule has 1 aromatic rings. The van der Waals surface area contributed by atoms with Crippen LogP contribution in [0.4, 0.5) is 5.69 Å². The van der Waals surface area contributed by atoms with Crippen LogP contribution in [0.15, 0.2) is 34.1 Å². The van der Waals surface area contributed by atoms with Crippen molar-refractivity contribution in [3.8, 4) is 0 Å². The number of nitrogens with two attached hydrogens (primary N) is 1. The van der Waals surface area contributed by atoms with E-state index in [4.69, 9.17) is 16.7 Å². The van der Waals surface area contributed by atoms with Gasteiger partial charge in [-0.2, -0.15) is 4.72 Å². The molecule has 4 N–H and O–H groups in total. The van der Waals surface area contributed by atoms with Crippen molar-refractivity contribution in [2.45, 2.75) is 28.8 Å². The van der Waals surface area contributed by atoms with E-state index in [0.29, 0.717) is 17.5 Å². The first kappa shape index (κ1) is 16.3. The van der Waals surface area contributed by atoms with Crippen molar-refractivity contribution in [1.29, 1.82) is 0 Å². The van der Waals surface area contributed by atoms with E-state index in [1.165, 1.54) is 6.07 Å². The zero-order valence-electron chi connectivity index (χ0n) is 12.4. The maximum atomic E-state index is 12.6. The monoisotopic (exact) mass is 389 g/mol. The third-order valence-corrected chi connectivity index (χ3v) is 7.84. The molecule has 0 radical (unpaired) electrons. The lowest BCUT2D eigenvalue weighted by atomic mass is 9.91. The average molecular weight is 390 g/mol. The number of nitrogens with one attached hydrogen (secondary N) is 2. The number of sulfonamides is 2. The van der Waals surface area contributed by atoms with Crippen molar-refractivity contribution in [3.05, 3.63) is 29.3 Å². The van der Waals surface area contributed by atoms with Gasteiger partial charge < -0.3 is 5.32 Å². The van der Waals surface area contributed by atoms with Gasteiger partial charge in [-0.15, -0.1) is 0 Å². The Kier molecular flexibility index (Phi) is 3.53. The van der Waals surface area contributed by atoms with Gasteiger partial charge in [-0.3, -0.25) is 0 Å². The summed E-state index contributed by atoms with van der Waals surface area (Å²) in [5.74, 6) is 0.997. The van der Waals surface area contributed by atoms with Crippen LogP contribution >= 0.6 is 11.6 Å². The van der Waals surface area contributed by atoms with E-state index in [1.54, 1.807) is 0 Å². The van der Waals surface area contributed by atoms with Crippen LogP contribution in [0, 0.1) is 17.8 Å². The van der Waals surface area contributed by atoms with E-state index in [2.05, 4.69) is 22.2 Å². The van der Waals surface area contributed by atoms with E-state index in [-0.39, 0.29) is 15.8 Å². The van der Waals surface area contributed by atoms with Crippen LogP contribution in [0.25, 0.3) is 0 Å². The van der Waals surface area contributed by atoms with E-state index in [9.17, 15) is 16.8 Å². The fraction of sp³-hybridized carbons (Fsp3) is 0.429. The first-order valence-corrected chi connectivity index (χ1v) is 10.9. The second-order valence-electron chi connectivity index (χ2n) is 6.51. The summed E-state index contributed by atoms with van der Waals surface area (Å²) in [5, 5.41) is 8.14. The lowest BCUT2D eigenvalue weighted by Crippen LogP contribution is -2.50. The number of primary sulfonamides is 1. The highest BCUT2D eigenvalue weighted by molar-refractivity contribution is 7.90. The summed E-state index contributed by atoms with van der Waals surface area (Å²) >= 11 is 5.98. The smallest absolute Gasteiger partial charge is 0.244 e. The molecule has 0 aromatic heterocycles. The molecular weight excluding hydrogens is 374 g/mol. The Morgan fingerprint density at radius 1 is 1.21 bits per heavy atom. The molecule has 2 unspecified atom stereocenters. The fourth-order valence-corrected chi connectivity index (χ4v) is 6.47. The minimum absolute atomic E-state index is 0.104. The number of hydrogen-bond acceptors (Lipinski definition) is 5. The number of anilines is 1. The van der Waals surface area contributed by atoms with E-state index < -0.39 is 31.1 Å². The average Bonchev–Trinajstić information content (AvgIpc) is 3.06. The van der Waals surface area contributed by atoms with Crippen molar-refractivity contribution in [1.82, 2.24) is 4.72 Å². The van der Waals surface area contributed by atoms with Gasteiger partial charge in [-0.05, 0) is 36.8 Å². The van der Waals surface area contributed by atoms with Crippen LogP contribution in [0.5, 0.6) is 0 Å². The molecule has 2 aliphatic carbocycles. The number of benzene rings is 1. The molecule has 1 heterocycles. The number of allylic oxidation sites excluding steroid dienone is 2. The minimum Gasteiger partial charge on any atom is -0.368 e. The molecule has 1 fully saturated rings. The molecule has 0 spiro atoms. The molecule has 4 rings (SSSR count). The Morgan fingerprint density at radius 2 is 1.96 bits per heavy atom. The van der Waals surface area contributed by atoms with Crippen LogP contribution in [0.2, 0.25) is 5.02 Å². The predicted molar refractivity (Wildman–Crippen MR) is 89.4 cm³/mol. The van der Waals surface area contributed by atoms with Crippen molar-refractivity contribution in [2.75, 3.05) is 5.32 Å². The molecule has 1 aliphatic heterocycles. The zero-order chi connectivity index (χ0) is 17.3. The van der Waals surface area contributed by atoms with Crippen molar-refractivity contribution < 1.29 is 16.8 Å². The normalized spacial score (nSPS) is 33.2. The molecular formula is C14H16ClN3O4S2. The van der Waals surface area contributed by atoms with Crippen molar-refractivity contribution in [3.63, 3.8) is 0 Å². The maximum Gasteiger partial charge on any atom is 0.244 e. The third kappa shape index (κ3) is 2.55. The summed E-state index contributed by atoms with van der Waals surface area (Å²) < 4.78 is 50.9. The van der Waals surface area contributed by atoms with Gasteiger partial charge >= 0.3 is 0 Å². The third-order valence-electron chi connectivity index (χ3n) is 4.98. The highest BCUT2D eigenvalue weighted by Crippen LogP contribution is 2.46. The molecule has 1 saturated carbocycles. The van der Waals surface area contributed by atoms with Crippen LogP contribution in [0.1, 0.15) is 12.8 Å². The number of rotatable bonds is 2. The van der Waals surface area contributed by atoms with Gasteiger partial charge in [0.2, 0.25) is 20.0 Å². The molecule has 10 heteroatoms. The largest absolute Gasteiger partial charge is 0.368 e. The summed E-state index contributed by atoms with van der Waals surface area (Å²) in [6.45, 7) is 0. The minimum atomic E-state index is -4.11. The second kappa shape index (κ2) is 5.18. The maximum absolute atomic E-state index is 12.6. The Balaban J connectivity index is 1.76. The van der Waals surface area contributed by atoms with E-state index >= 15 is 0 Å². The Labute approximate surface area is 145 Å². The SMILES string of the molecule is NS(=O)(=O)c1cc2c(cc1Cl)NC(C1C[C@@H]3C=C[C@@H]1C3)NS2(=O)=O. The second-order valence-corrected chi connectivity index (χ2v) is 10.1. The fourth-order valence-electron chi connectivity index (χ4n) is 3.92. The van der Waals surface area contributed by atoms with Gasteiger partial charge in [0.25, 0.3) is 0 Å². The summed E-state index contributed by atoms with van der Waals surface area (Å²) in [4.78, 5) is -0.567. The van der Waals surface area contributed by atoms with Gasteiger partial charge in [0.1, 0.15) is 9.79 Å². The van der Waals surface area contributed by atoms with Crippen LogP contribution in [0.3, 0.4) is 0 Å². The number of halogens is 1. The van der Waals surface area contributed by atoms with Gasteiger partial charge in [-0.25, -0.2) is 22.0 Å². The first-order chi connectivity index (χ1) is 11.1. The molecule has 0 amide bonds. The van der Waals surface area contributed by atoms with Gasteiger partial charge in [0.05, 0.1) is 16.9 Å². The highest BCUT2D eigenvalue weighted by atomic mass is 35.5. The van der Waals surface area contributed by atoms with Crippen LogP contribution in [-0.2, 0) is 20.0 Å². The summed E-state index contributed by atoms with van der Waals surface area (Å²) in [5.41, 5.74) is 0.294. The Morgan fingerprint density at radius 3 is 2.54 bits per heavy atom. The molecule has 24 heavy (non-hydrogen) atoms. The molecule has 0 saturated heterocycles. The Hall–Kier alpha value is -1.13. The summed E-state index contributed by atoms with van der Waals surface area (Å²) in [6.07, 6.45) is 5.84. The highest BCUT2D eigenvalue weighted by Gasteiger charge is 2.44. The van der Waals surface area contributed by atoms with Gasteiger partial charge in [0, 0.05) is 5.92 Å². The molecule has 3 aliphatic rings. The zero-order valence-corrected chi connectivity index (χ0v) is 14.8. The van der Waals surface area contributed by atoms with Crippen LogP contribution in [-0.4, -0.2) is 23.0 Å². The first-order valence-electron chi connectivity index (χ1n) is 7.49. The van der Waals surface area contributed by atoms with Crippen molar-refractivity contribution in [2.24, 2.45) is 22.9 Å². The Bertz CT molecular complexity index is 958. The molecule has 4 atom stereocenters. The van der Waals surface area contributed by atoms with Crippen LogP contribution < -0.4 is 15.2 Å². The number of hydrogen-bond donors (Lipinski definition) is 3. The lowest BCUT2D eigenvalue weighted by Gasteiger charge is -2.35. The quantitative estimate of drug-likeness (QED) is 0.657. The molecule has 2 bridgehead atoms. The van der Waals surface area contributed by atoms with E-state index in [0.717, 1.165) is 18.9 Å². The molecule has 7 nitrogen and oxygen atoms in total. The lowest BCUT2D eigenvalue weighted by molar-refractivity contribution is 0.363. The standard InChI is InChI=1S/C14H16ClN3O4S2/c15-10-5-11-13(6-12(10)23(16,19)20)24(21,22)18-14(17-11)9-4-7-1-2-8(9)3-7/h1-2,5-9,14,17-18H,3-4H2,(H2,16,19,20)/t7-,8-,9?,14?/m1/s1. The molecule has 130 valence electrons. The van der Waals surface area contributed by atoms with Crippen molar-refractivity contribution >= 4 is 37.3 Å². The topological polar surface area (TPSA) is 118 Å². The summed E-state index contributed by atoms with van der Waals surface area (Å²) in [6, 6.07) is 2.31. The van der Waals surface area contributed by atoms with Gasteiger partial charge in [-0.1, -0.05) is 23.8 Å².